The molecule has 1 aromatic heterocycles. The molecule has 1 rings (SSSR count). The van der Waals surface area contributed by atoms with Gasteiger partial charge in [0.1, 0.15) is 17.5 Å². The summed E-state index contributed by atoms with van der Waals surface area (Å²) in [5.74, 6) is 2.47. The highest BCUT2D eigenvalue weighted by molar-refractivity contribution is 5.49. The van der Waals surface area contributed by atoms with Crippen LogP contribution in [0.15, 0.2) is 6.07 Å². The van der Waals surface area contributed by atoms with E-state index in [0.717, 1.165) is 24.0 Å². The lowest BCUT2D eigenvalue weighted by atomic mass is 9.96. The first-order chi connectivity index (χ1) is 8.38. The summed E-state index contributed by atoms with van der Waals surface area (Å²) in [6.07, 6.45) is 0. The van der Waals surface area contributed by atoms with E-state index in [9.17, 15) is 0 Å². The molecule has 0 aliphatic carbocycles. The molecule has 0 amide bonds. The standard InChI is InChI=1S/C13H24N4O/c1-6-14-10-9-11(17(5)7-8-18)16-12(15-10)13(2,3)4/h9,18H,6-8H2,1-5H3,(H,14,15,16). The molecule has 0 aromatic carbocycles. The van der Waals surface area contributed by atoms with E-state index < -0.39 is 0 Å². The Labute approximate surface area is 109 Å². The average molecular weight is 252 g/mol. The summed E-state index contributed by atoms with van der Waals surface area (Å²) in [6, 6.07) is 1.91. The van der Waals surface area contributed by atoms with Gasteiger partial charge in [-0.15, -0.1) is 0 Å². The number of anilines is 2. The molecule has 0 unspecified atom stereocenters. The van der Waals surface area contributed by atoms with Gasteiger partial charge in [0.05, 0.1) is 6.61 Å². The lowest BCUT2D eigenvalue weighted by Crippen LogP contribution is -2.25. The number of hydrogen-bond donors (Lipinski definition) is 2. The normalized spacial score (nSPS) is 11.4. The predicted octanol–water partition coefficient (Wildman–Crippen LogP) is 1.63. The molecule has 2 N–H and O–H groups in total. The van der Waals surface area contributed by atoms with Gasteiger partial charge in [-0.1, -0.05) is 20.8 Å². The summed E-state index contributed by atoms with van der Waals surface area (Å²) < 4.78 is 0. The van der Waals surface area contributed by atoms with Gasteiger partial charge in [0.2, 0.25) is 0 Å². The Balaban J connectivity index is 3.13. The lowest BCUT2D eigenvalue weighted by molar-refractivity contribution is 0.303. The predicted molar refractivity (Wildman–Crippen MR) is 75.3 cm³/mol. The number of likely N-dealkylation sites (N-methyl/N-ethyl adjacent to an activating group) is 1. The number of nitrogens with zero attached hydrogens (tertiary/aromatic N) is 3. The minimum Gasteiger partial charge on any atom is -0.395 e. The molecule has 0 bridgehead atoms. The molecule has 0 atom stereocenters. The molecule has 0 aliphatic heterocycles. The van der Waals surface area contributed by atoms with Crippen molar-refractivity contribution in [3.05, 3.63) is 11.9 Å². The van der Waals surface area contributed by atoms with Gasteiger partial charge in [-0.3, -0.25) is 0 Å². The Morgan fingerprint density at radius 1 is 1.33 bits per heavy atom. The summed E-state index contributed by atoms with van der Waals surface area (Å²) in [7, 11) is 1.92. The smallest absolute Gasteiger partial charge is 0.138 e. The third kappa shape index (κ3) is 3.84. The van der Waals surface area contributed by atoms with Crippen LogP contribution in [0.25, 0.3) is 0 Å². The molecule has 5 heteroatoms. The van der Waals surface area contributed by atoms with Crippen LogP contribution < -0.4 is 10.2 Å². The van der Waals surface area contributed by atoms with E-state index in [4.69, 9.17) is 5.11 Å². The molecule has 0 aliphatic rings. The van der Waals surface area contributed by atoms with Crippen molar-refractivity contribution in [1.29, 1.82) is 0 Å². The summed E-state index contributed by atoms with van der Waals surface area (Å²) in [4.78, 5) is 11.0. The van der Waals surface area contributed by atoms with Crippen molar-refractivity contribution in [2.45, 2.75) is 33.1 Å². The Morgan fingerprint density at radius 2 is 2.00 bits per heavy atom. The maximum atomic E-state index is 9.00. The first-order valence-electron chi connectivity index (χ1n) is 6.34. The van der Waals surface area contributed by atoms with Crippen LogP contribution in [0.1, 0.15) is 33.5 Å². The van der Waals surface area contributed by atoms with E-state index in [1.807, 2.05) is 24.9 Å². The zero-order valence-corrected chi connectivity index (χ0v) is 12.0. The van der Waals surface area contributed by atoms with Crippen LogP contribution in [0, 0.1) is 0 Å². The molecular weight excluding hydrogens is 228 g/mol. The van der Waals surface area contributed by atoms with E-state index >= 15 is 0 Å². The maximum absolute atomic E-state index is 9.00. The lowest BCUT2D eigenvalue weighted by Gasteiger charge is -2.22. The largest absolute Gasteiger partial charge is 0.395 e. The second-order valence-corrected chi connectivity index (χ2v) is 5.36. The quantitative estimate of drug-likeness (QED) is 0.834. The van der Waals surface area contributed by atoms with Gasteiger partial charge in [-0.25, -0.2) is 9.97 Å². The third-order valence-corrected chi connectivity index (χ3v) is 2.57. The third-order valence-electron chi connectivity index (χ3n) is 2.57. The Hall–Kier alpha value is -1.36. The molecule has 0 saturated carbocycles. The van der Waals surface area contributed by atoms with Crippen molar-refractivity contribution in [1.82, 2.24) is 9.97 Å². The molecule has 102 valence electrons. The van der Waals surface area contributed by atoms with E-state index in [0.29, 0.717) is 6.54 Å². The highest BCUT2D eigenvalue weighted by atomic mass is 16.3. The van der Waals surface area contributed by atoms with Gasteiger partial charge in [-0.05, 0) is 6.92 Å². The Morgan fingerprint density at radius 3 is 2.50 bits per heavy atom. The minimum atomic E-state index is -0.0970. The summed E-state index contributed by atoms with van der Waals surface area (Å²) >= 11 is 0. The fourth-order valence-corrected chi connectivity index (χ4v) is 1.50. The van der Waals surface area contributed by atoms with Crippen LogP contribution in [-0.4, -0.2) is 41.8 Å². The second kappa shape index (κ2) is 6.00. The molecule has 0 radical (unpaired) electrons. The molecule has 18 heavy (non-hydrogen) atoms. The topological polar surface area (TPSA) is 61.3 Å². The van der Waals surface area contributed by atoms with Crippen molar-refractivity contribution >= 4 is 11.6 Å². The number of aliphatic hydroxyl groups is 1. The van der Waals surface area contributed by atoms with Crippen LogP contribution in [-0.2, 0) is 5.41 Å². The monoisotopic (exact) mass is 252 g/mol. The fraction of sp³-hybridized carbons (Fsp3) is 0.692. The van der Waals surface area contributed by atoms with Crippen LogP contribution in [0.3, 0.4) is 0 Å². The average Bonchev–Trinajstić information content (AvgIpc) is 2.28. The molecule has 0 fully saturated rings. The Kier molecular flexibility index (Phi) is 4.90. The van der Waals surface area contributed by atoms with E-state index in [1.165, 1.54) is 0 Å². The van der Waals surface area contributed by atoms with Crippen LogP contribution in [0.5, 0.6) is 0 Å². The second-order valence-electron chi connectivity index (χ2n) is 5.36. The van der Waals surface area contributed by atoms with Gasteiger partial charge in [0.15, 0.2) is 0 Å². The van der Waals surface area contributed by atoms with Crippen molar-refractivity contribution < 1.29 is 5.11 Å². The summed E-state index contributed by atoms with van der Waals surface area (Å²) in [5.41, 5.74) is -0.0970. The summed E-state index contributed by atoms with van der Waals surface area (Å²) in [6.45, 7) is 9.81. The number of rotatable bonds is 5. The van der Waals surface area contributed by atoms with Gasteiger partial charge in [-0.2, -0.15) is 0 Å². The number of aromatic nitrogens is 2. The highest BCUT2D eigenvalue weighted by Crippen LogP contribution is 2.23. The number of aliphatic hydroxyl groups excluding tert-OH is 1. The molecule has 0 spiro atoms. The maximum Gasteiger partial charge on any atom is 0.138 e. The van der Waals surface area contributed by atoms with Crippen molar-refractivity contribution in [3.63, 3.8) is 0 Å². The fourth-order valence-electron chi connectivity index (χ4n) is 1.50. The number of nitrogens with one attached hydrogen (secondary N) is 1. The first kappa shape index (κ1) is 14.7. The summed E-state index contributed by atoms with van der Waals surface area (Å²) in [5, 5.41) is 12.2. The van der Waals surface area contributed by atoms with Gasteiger partial charge in [0, 0.05) is 31.6 Å². The highest BCUT2D eigenvalue weighted by Gasteiger charge is 2.19. The van der Waals surface area contributed by atoms with Crippen LogP contribution in [0.2, 0.25) is 0 Å². The Bertz CT molecular complexity index is 387. The van der Waals surface area contributed by atoms with Crippen LogP contribution in [0.4, 0.5) is 11.6 Å². The van der Waals surface area contributed by atoms with E-state index in [1.54, 1.807) is 0 Å². The SMILES string of the molecule is CCNc1cc(N(C)CCO)nc(C(C)(C)C)n1. The first-order valence-corrected chi connectivity index (χ1v) is 6.34. The minimum absolute atomic E-state index is 0.0970. The van der Waals surface area contributed by atoms with Gasteiger partial charge < -0.3 is 15.3 Å². The van der Waals surface area contributed by atoms with E-state index in [-0.39, 0.29) is 12.0 Å². The molecule has 1 aromatic rings. The molecule has 5 nitrogen and oxygen atoms in total. The van der Waals surface area contributed by atoms with Crippen molar-refractivity contribution in [3.8, 4) is 0 Å². The molecule has 0 saturated heterocycles. The molecule has 1 heterocycles. The number of hydrogen-bond acceptors (Lipinski definition) is 5. The zero-order valence-electron chi connectivity index (χ0n) is 12.0. The van der Waals surface area contributed by atoms with Crippen molar-refractivity contribution in [2.24, 2.45) is 0 Å². The van der Waals surface area contributed by atoms with Gasteiger partial charge >= 0.3 is 0 Å². The van der Waals surface area contributed by atoms with Gasteiger partial charge in [0.25, 0.3) is 0 Å². The zero-order chi connectivity index (χ0) is 13.8. The van der Waals surface area contributed by atoms with Crippen molar-refractivity contribution in [2.75, 3.05) is 37.0 Å². The molecular formula is C13H24N4O. The van der Waals surface area contributed by atoms with E-state index in [2.05, 4.69) is 36.1 Å². The van der Waals surface area contributed by atoms with Crippen LogP contribution >= 0.6 is 0 Å².